The zero-order valence-electron chi connectivity index (χ0n) is 12.7. The number of hydrogen-bond acceptors (Lipinski definition) is 3. The molecule has 0 radical (unpaired) electrons. The van der Waals surface area contributed by atoms with Crippen molar-refractivity contribution in [2.75, 3.05) is 13.2 Å². The van der Waals surface area contributed by atoms with Crippen LogP contribution in [0.1, 0.15) is 57.1 Å². The summed E-state index contributed by atoms with van der Waals surface area (Å²) in [5.41, 5.74) is 7.97. The zero-order valence-corrected chi connectivity index (χ0v) is 14.2. The normalized spacial score (nSPS) is 22.4. The number of nitrogens with two attached hydrogens (primary N) is 1. The molecule has 1 aromatic rings. The highest BCUT2D eigenvalue weighted by Crippen LogP contribution is 2.47. The number of benzene rings is 1. The predicted molar refractivity (Wildman–Crippen MR) is 87.9 cm³/mol. The van der Waals surface area contributed by atoms with Crippen molar-refractivity contribution in [2.24, 2.45) is 11.1 Å². The summed E-state index contributed by atoms with van der Waals surface area (Å²) in [5, 5.41) is 0. The Bertz CT molecular complexity index is 512. The van der Waals surface area contributed by atoms with E-state index in [0.29, 0.717) is 13.2 Å². The van der Waals surface area contributed by atoms with Crippen molar-refractivity contribution in [2.45, 2.75) is 51.5 Å². The van der Waals surface area contributed by atoms with Gasteiger partial charge in [0, 0.05) is 16.9 Å². The third kappa shape index (κ3) is 3.07. The maximum atomic E-state index is 6.65. The lowest BCUT2D eigenvalue weighted by atomic mass is 9.69. The van der Waals surface area contributed by atoms with Crippen LogP contribution in [-0.2, 0) is 0 Å². The fourth-order valence-corrected chi connectivity index (χ4v) is 4.05. The molecule has 21 heavy (non-hydrogen) atoms. The monoisotopic (exact) mass is 353 g/mol. The molecular formula is C17H24BrNO2. The molecule has 1 saturated carbocycles. The molecule has 1 atom stereocenters. The lowest BCUT2D eigenvalue weighted by Gasteiger charge is -2.39. The van der Waals surface area contributed by atoms with Crippen molar-refractivity contribution in [1.29, 1.82) is 0 Å². The van der Waals surface area contributed by atoms with Crippen LogP contribution in [0.15, 0.2) is 16.6 Å². The Morgan fingerprint density at radius 3 is 2.33 bits per heavy atom. The molecule has 116 valence electrons. The van der Waals surface area contributed by atoms with Gasteiger partial charge in [-0.1, -0.05) is 42.1 Å². The molecule has 2 N–H and O–H groups in total. The van der Waals surface area contributed by atoms with E-state index in [4.69, 9.17) is 15.2 Å². The molecule has 1 aromatic carbocycles. The van der Waals surface area contributed by atoms with Crippen molar-refractivity contribution in [3.8, 4) is 11.5 Å². The summed E-state index contributed by atoms with van der Waals surface area (Å²) >= 11 is 3.68. The second kappa shape index (κ2) is 6.17. The van der Waals surface area contributed by atoms with E-state index >= 15 is 0 Å². The topological polar surface area (TPSA) is 44.5 Å². The minimum Gasteiger partial charge on any atom is -0.490 e. The lowest BCUT2D eigenvalue weighted by molar-refractivity contribution is 0.169. The minimum absolute atomic E-state index is 0.0318. The summed E-state index contributed by atoms with van der Waals surface area (Å²) in [7, 11) is 0. The smallest absolute Gasteiger partial charge is 0.162 e. The molecule has 3 rings (SSSR count). The molecule has 1 aliphatic heterocycles. The molecule has 1 aliphatic carbocycles. The lowest BCUT2D eigenvalue weighted by Crippen LogP contribution is -2.34. The minimum atomic E-state index is 0.0318. The number of ether oxygens (including phenoxy) is 2. The maximum Gasteiger partial charge on any atom is 0.162 e. The summed E-state index contributed by atoms with van der Waals surface area (Å²) in [6.07, 6.45) is 7.23. The van der Waals surface area contributed by atoms with Crippen LogP contribution in [0.5, 0.6) is 11.5 Å². The van der Waals surface area contributed by atoms with Gasteiger partial charge in [0.1, 0.15) is 0 Å². The quantitative estimate of drug-likeness (QED) is 0.845. The van der Waals surface area contributed by atoms with E-state index in [1.165, 1.54) is 32.1 Å². The van der Waals surface area contributed by atoms with E-state index in [2.05, 4.69) is 28.9 Å². The van der Waals surface area contributed by atoms with Gasteiger partial charge in [0.2, 0.25) is 0 Å². The molecule has 1 unspecified atom stereocenters. The molecule has 3 nitrogen and oxygen atoms in total. The first-order valence-electron chi connectivity index (χ1n) is 7.95. The Morgan fingerprint density at radius 1 is 1.05 bits per heavy atom. The highest BCUT2D eigenvalue weighted by atomic mass is 79.9. The highest BCUT2D eigenvalue weighted by molar-refractivity contribution is 9.10. The second-order valence-corrected chi connectivity index (χ2v) is 7.42. The molecule has 0 saturated heterocycles. The van der Waals surface area contributed by atoms with Gasteiger partial charge in [-0.05, 0) is 36.0 Å². The van der Waals surface area contributed by atoms with Crippen LogP contribution in [0, 0.1) is 5.41 Å². The number of halogens is 1. The zero-order chi connectivity index (χ0) is 14.9. The van der Waals surface area contributed by atoms with Crippen molar-refractivity contribution < 1.29 is 9.47 Å². The van der Waals surface area contributed by atoms with Crippen molar-refractivity contribution in [1.82, 2.24) is 0 Å². The van der Waals surface area contributed by atoms with Gasteiger partial charge in [-0.25, -0.2) is 0 Å². The van der Waals surface area contributed by atoms with E-state index in [1.54, 1.807) is 0 Å². The van der Waals surface area contributed by atoms with Crippen LogP contribution in [0.2, 0.25) is 0 Å². The van der Waals surface area contributed by atoms with Crippen LogP contribution in [0.3, 0.4) is 0 Å². The Hall–Kier alpha value is -0.740. The fourth-order valence-electron chi connectivity index (χ4n) is 3.48. The van der Waals surface area contributed by atoms with Crippen LogP contribution in [0.4, 0.5) is 0 Å². The van der Waals surface area contributed by atoms with Gasteiger partial charge in [-0.15, -0.1) is 0 Å². The molecule has 0 spiro atoms. The van der Waals surface area contributed by atoms with Gasteiger partial charge in [-0.3, -0.25) is 0 Å². The van der Waals surface area contributed by atoms with E-state index in [0.717, 1.165) is 28.0 Å². The van der Waals surface area contributed by atoms with Crippen molar-refractivity contribution in [3.05, 3.63) is 22.2 Å². The van der Waals surface area contributed by atoms with E-state index in [9.17, 15) is 0 Å². The molecule has 0 aromatic heterocycles. The molecule has 0 bridgehead atoms. The number of rotatable bonds is 2. The third-order valence-electron chi connectivity index (χ3n) is 4.95. The third-order valence-corrected chi connectivity index (χ3v) is 5.64. The predicted octanol–water partition coefficient (Wildman–Crippen LogP) is 4.58. The molecule has 1 fully saturated rings. The Kier molecular flexibility index (Phi) is 4.46. The van der Waals surface area contributed by atoms with Crippen molar-refractivity contribution in [3.63, 3.8) is 0 Å². The summed E-state index contributed by atoms with van der Waals surface area (Å²) in [4.78, 5) is 0. The molecule has 0 amide bonds. The highest BCUT2D eigenvalue weighted by Gasteiger charge is 2.35. The molecular weight excluding hydrogens is 330 g/mol. The van der Waals surface area contributed by atoms with E-state index < -0.39 is 0 Å². The molecule has 1 heterocycles. The van der Waals surface area contributed by atoms with Crippen molar-refractivity contribution >= 4 is 15.9 Å². The summed E-state index contributed by atoms with van der Waals surface area (Å²) < 4.78 is 12.6. The number of fused-ring (bicyclic) bond motifs is 1. The Labute approximate surface area is 135 Å². The van der Waals surface area contributed by atoms with Crippen LogP contribution < -0.4 is 15.2 Å². The maximum absolute atomic E-state index is 6.65. The van der Waals surface area contributed by atoms with Gasteiger partial charge in [0.25, 0.3) is 0 Å². The summed E-state index contributed by atoms with van der Waals surface area (Å²) in [6, 6.07) is 4.13. The largest absolute Gasteiger partial charge is 0.490 e. The summed E-state index contributed by atoms with van der Waals surface area (Å²) in [6.45, 7) is 3.75. The van der Waals surface area contributed by atoms with E-state index in [-0.39, 0.29) is 11.5 Å². The average molecular weight is 354 g/mol. The average Bonchev–Trinajstić information content (AvgIpc) is 2.71. The van der Waals surface area contributed by atoms with Gasteiger partial charge in [0.15, 0.2) is 11.5 Å². The first kappa shape index (κ1) is 15.2. The molecule has 4 heteroatoms. The SMILES string of the molecule is CC1(C(N)c2cc3c(cc2Br)OCCCO3)CCCCC1. The van der Waals surface area contributed by atoms with Crippen LogP contribution in [0.25, 0.3) is 0 Å². The van der Waals surface area contributed by atoms with E-state index in [1.807, 2.05) is 6.07 Å². The van der Waals surface area contributed by atoms with Gasteiger partial charge < -0.3 is 15.2 Å². The van der Waals surface area contributed by atoms with Crippen LogP contribution in [-0.4, -0.2) is 13.2 Å². The Balaban J connectivity index is 1.92. The number of hydrogen-bond donors (Lipinski definition) is 1. The first-order valence-corrected chi connectivity index (χ1v) is 8.74. The standard InChI is InChI=1S/C17H24BrNO2/c1-17(6-3-2-4-7-17)16(19)12-10-14-15(11-13(12)18)21-9-5-8-20-14/h10-11,16H,2-9,19H2,1H3. The van der Waals surface area contributed by atoms with Crippen LogP contribution >= 0.6 is 15.9 Å². The second-order valence-electron chi connectivity index (χ2n) is 6.56. The fraction of sp³-hybridized carbons (Fsp3) is 0.647. The molecule has 2 aliphatic rings. The summed E-state index contributed by atoms with van der Waals surface area (Å²) in [5.74, 6) is 1.66. The first-order chi connectivity index (χ1) is 10.1. The Morgan fingerprint density at radius 2 is 1.67 bits per heavy atom. The van der Waals surface area contributed by atoms with Gasteiger partial charge in [-0.2, -0.15) is 0 Å². The van der Waals surface area contributed by atoms with Gasteiger partial charge in [0.05, 0.1) is 13.2 Å². The van der Waals surface area contributed by atoms with Gasteiger partial charge >= 0.3 is 0 Å².